The molecule has 29 heavy (non-hydrogen) atoms. The van der Waals surface area contributed by atoms with E-state index in [1.165, 1.54) is 12.0 Å². The summed E-state index contributed by atoms with van der Waals surface area (Å²) in [5.74, 6) is 0.852. The van der Waals surface area contributed by atoms with Gasteiger partial charge in [0.05, 0.1) is 0 Å². The third kappa shape index (κ3) is 5.75. The molecule has 0 saturated carbocycles. The lowest BCUT2D eigenvalue weighted by molar-refractivity contribution is -0.170. The van der Waals surface area contributed by atoms with Gasteiger partial charge >= 0.3 is 5.97 Å². The quantitative estimate of drug-likeness (QED) is 0.621. The van der Waals surface area contributed by atoms with Crippen LogP contribution in [0.3, 0.4) is 0 Å². The van der Waals surface area contributed by atoms with Crippen LogP contribution in [0, 0.1) is 0 Å². The summed E-state index contributed by atoms with van der Waals surface area (Å²) in [5, 5.41) is 0. The molecule has 156 valence electrons. The number of carbonyl (C=O) groups excluding carboxylic acids is 1. The van der Waals surface area contributed by atoms with Gasteiger partial charge in [-0.05, 0) is 65.2 Å². The Morgan fingerprint density at radius 1 is 1.00 bits per heavy atom. The van der Waals surface area contributed by atoms with Crippen molar-refractivity contribution in [1.82, 2.24) is 0 Å². The van der Waals surface area contributed by atoms with E-state index in [2.05, 4.69) is 41.3 Å². The normalized spacial score (nSPS) is 17.7. The summed E-state index contributed by atoms with van der Waals surface area (Å²) in [7, 11) is 0. The molecule has 1 saturated heterocycles. The van der Waals surface area contributed by atoms with Crippen LogP contribution in [0.15, 0.2) is 54.6 Å². The minimum Gasteiger partial charge on any atom is -0.476 e. The van der Waals surface area contributed by atoms with E-state index >= 15 is 0 Å². The second-order valence-corrected chi connectivity index (χ2v) is 9.31. The first-order valence-electron chi connectivity index (χ1n) is 10.5. The van der Waals surface area contributed by atoms with Crippen LogP contribution in [0.5, 0.6) is 5.75 Å². The largest absolute Gasteiger partial charge is 0.476 e. The van der Waals surface area contributed by atoms with Gasteiger partial charge in [0.1, 0.15) is 11.4 Å². The number of benzene rings is 2. The second kappa shape index (κ2) is 8.48. The van der Waals surface area contributed by atoms with Gasteiger partial charge in [0.2, 0.25) is 0 Å². The maximum atomic E-state index is 12.5. The predicted octanol–water partition coefficient (Wildman–Crippen LogP) is 5.57. The third-order valence-corrected chi connectivity index (χ3v) is 5.14. The van der Waals surface area contributed by atoms with Crippen LogP contribution in [0.25, 0.3) is 0 Å². The first-order valence-corrected chi connectivity index (χ1v) is 10.5. The second-order valence-electron chi connectivity index (χ2n) is 9.31. The summed E-state index contributed by atoms with van der Waals surface area (Å²) in [6.07, 6.45) is 2.37. The van der Waals surface area contributed by atoms with Gasteiger partial charge in [-0.1, -0.05) is 36.4 Å². The van der Waals surface area contributed by atoms with E-state index in [4.69, 9.17) is 9.47 Å². The molecule has 1 unspecified atom stereocenters. The van der Waals surface area contributed by atoms with Crippen molar-refractivity contribution in [2.75, 3.05) is 18.0 Å². The zero-order valence-corrected chi connectivity index (χ0v) is 18.3. The molecule has 1 heterocycles. The van der Waals surface area contributed by atoms with Crippen LogP contribution in [-0.2, 0) is 9.53 Å². The van der Waals surface area contributed by atoms with Crippen LogP contribution < -0.4 is 9.64 Å². The van der Waals surface area contributed by atoms with Gasteiger partial charge in [0.25, 0.3) is 0 Å². The SMILES string of the molecule is CC(C)(C)OC(=O)C(C)(C)Oc1cccc(N2CCCC(c3ccccc3)C2)c1. The zero-order valence-electron chi connectivity index (χ0n) is 18.3. The van der Waals surface area contributed by atoms with Crippen molar-refractivity contribution in [3.63, 3.8) is 0 Å². The summed E-state index contributed by atoms with van der Waals surface area (Å²) in [6, 6.07) is 18.8. The summed E-state index contributed by atoms with van der Waals surface area (Å²) in [6.45, 7) is 11.1. The number of hydrogen-bond donors (Lipinski definition) is 0. The molecule has 1 aliphatic rings. The highest BCUT2D eigenvalue weighted by molar-refractivity contribution is 5.79. The van der Waals surface area contributed by atoms with E-state index in [0.717, 1.165) is 25.2 Å². The zero-order chi connectivity index (χ0) is 21.1. The maximum Gasteiger partial charge on any atom is 0.350 e. The Kier molecular flexibility index (Phi) is 6.21. The molecule has 3 rings (SSSR count). The molecule has 4 heteroatoms. The van der Waals surface area contributed by atoms with E-state index < -0.39 is 11.2 Å². The standard InChI is InChI=1S/C25H33NO3/c1-24(2,3)29-23(27)25(4,5)28-22-15-9-14-21(17-22)26-16-10-13-20(18-26)19-11-7-6-8-12-19/h6-9,11-12,14-15,17,20H,10,13,16,18H2,1-5H3. The highest BCUT2D eigenvalue weighted by Crippen LogP contribution is 2.32. The lowest BCUT2D eigenvalue weighted by Gasteiger charge is -2.35. The fraction of sp³-hybridized carbons (Fsp3) is 0.480. The number of esters is 1. The van der Waals surface area contributed by atoms with Crippen molar-refractivity contribution in [3.8, 4) is 5.75 Å². The number of piperidine rings is 1. The third-order valence-electron chi connectivity index (χ3n) is 5.14. The molecule has 0 bridgehead atoms. The molecule has 0 aromatic heterocycles. The molecule has 0 N–H and O–H groups in total. The minimum absolute atomic E-state index is 0.363. The lowest BCUT2D eigenvalue weighted by atomic mass is 9.90. The summed E-state index contributed by atoms with van der Waals surface area (Å²) >= 11 is 0. The van der Waals surface area contributed by atoms with Crippen LogP contribution >= 0.6 is 0 Å². The predicted molar refractivity (Wildman–Crippen MR) is 118 cm³/mol. The van der Waals surface area contributed by atoms with Crippen molar-refractivity contribution >= 4 is 11.7 Å². The maximum absolute atomic E-state index is 12.5. The molecular weight excluding hydrogens is 362 g/mol. The van der Waals surface area contributed by atoms with Crippen LogP contribution in [0.2, 0.25) is 0 Å². The first-order chi connectivity index (χ1) is 13.6. The Morgan fingerprint density at radius 2 is 1.72 bits per heavy atom. The van der Waals surface area contributed by atoms with Crippen LogP contribution in [-0.4, -0.2) is 30.3 Å². The van der Waals surface area contributed by atoms with Gasteiger partial charge in [-0.2, -0.15) is 0 Å². The molecule has 2 aromatic rings. The molecule has 0 aliphatic carbocycles. The van der Waals surface area contributed by atoms with Crippen LogP contribution in [0.1, 0.15) is 58.9 Å². The van der Waals surface area contributed by atoms with Gasteiger partial charge in [0.15, 0.2) is 5.60 Å². The average molecular weight is 396 g/mol. The van der Waals surface area contributed by atoms with Crippen molar-refractivity contribution < 1.29 is 14.3 Å². The fourth-order valence-electron chi connectivity index (χ4n) is 3.69. The molecule has 4 nitrogen and oxygen atoms in total. The topological polar surface area (TPSA) is 38.8 Å². The molecule has 0 radical (unpaired) electrons. The Hall–Kier alpha value is -2.49. The first kappa shape index (κ1) is 21.2. The van der Waals surface area contributed by atoms with Crippen molar-refractivity contribution in [2.45, 2.75) is 64.6 Å². The molecule has 0 spiro atoms. The van der Waals surface area contributed by atoms with Crippen LogP contribution in [0.4, 0.5) is 5.69 Å². The number of carbonyl (C=O) groups is 1. The lowest BCUT2D eigenvalue weighted by Crippen LogP contribution is -2.43. The number of nitrogens with zero attached hydrogens (tertiary/aromatic N) is 1. The van der Waals surface area contributed by atoms with Crippen molar-refractivity contribution in [1.29, 1.82) is 0 Å². The fourth-order valence-corrected chi connectivity index (χ4v) is 3.69. The van der Waals surface area contributed by atoms with E-state index in [1.54, 1.807) is 13.8 Å². The summed E-state index contributed by atoms with van der Waals surface area (Å²) in [5.41, 5.74) is 0.930. The minimum atomic E-state index is -1.06. The number of anilines is 1. The van der Waals surface area contributed by atoms with Gasteiger partial charge in [-0.15, -0.1) is 0 Å². The highest BCUT2D eigenvalue weighted by Gasteiger charge is 2.35. The van der Waals surface area contributed by atoms with Gasteiger partial charge in [-0.25, -0.2) is 4.79 Å². The molecule has 1 fully saturated rings. The molecule has 1 aliphatic heterocycles. The summed E-state index contributed by atoms with van der Waals surface area (Å²) < 4.78 is 11.6. The van der Waals surface area contributed by atoms with E-state index in [-0.39, 0.29) is 5.97 Å². The Morgan fingerprint density at radius 3 is 2.41 bits per heavy atom. The number of hydrogen-bond acceptors (Lipinski definition) is 4. The Labute approximate surface area is 174 Å². The molecule has 0 amide bonds. The average Bonchev–Trinajstić information content (AvgIpc) is 2.67. The van der Waals surface area contributed by atoms with E-state index in [9.17, 15) is 4.79 Å². The van der Waals surface area contributed by atoms with Gasteiger partial charge in [0, 0.05) is 30.8 Å². The Bertz CT molecular complexity index is 823. The molecule has 1 atom stereocenters. The highest BCUT2D eigenvalue weighted by atomic mass is 16.6. The number of ether oxygens (including phenoxy) is 2. The van der Waals surface area contributed by atoms with Crippen molar-refractivity contribution in [2.24, 2.45) is 0 Å². The van der Waals surface area contributed by atoms with E-state index in [0.29, 0.717) is 11.7 Å². The summed E-state index contributed by atoms with van der Waals surface area (Å²) in [4.78, 5) is 14.9. The number of rotatable bonds is 5. The van der Waals surface area contributed by atoms with Crippen molar-refractivity contribution in [3.05, 3.63) is 60.2 Å². The van der Waals surface area contributed by atoms with Gasteiger partial charge < -0.3 is 14.4 Å². The Balaban J connectivity index is 1.71. The smallest absolute Gasteiger partial charge is 0.350 e. The van der Waals surface area contributed by atoms with Gasteiger partial charge in [-0.3, -0.25) is 0 Å². The molecular formula is C25H33NO3. The molecule has 2 aromatic carbocycles. The monoisotopic (exact) mass is 395 g/mol. The van der Waals surface area contributed by atoms with E-state index in [1.807, 2.05) is 39.0 Å².